The van der Waals surface area contributed by atoms with Gasteiger partial charge in [-0.1, -0.05) is 36.4 Å². The SMILES string of the molecule is CCn1cccc1CNc1cccc2ccccc12. The normalized spacial score (nSPS) is 10.8. The van der Waals surface area contributed by atoms with Crippen LogP contribution in [0.3, 0.4) is 0 Å². The molecule has 0 saturated carbocycles. The molecule has 2 aromatic carbocycles. The van der Waals surface area contributed by atoms with Gasteiger partial charge in [0.25, 0.3) is 0 Å². The Morgan fingerprint density at radius 2 is 1.79 bits per heavy atom. The summed E-state index contributed by atoms with van der Waals surface area (Å²) < 4.78 is 2.26. The van der Waals surface area contributed by atoms with Crippen molar-refractivity contribution in [2.75, 3.05) is 5.32 Å². The molecule has 0 aliphatic heterocycles. The minimum Gasteiger partial charge on any atom is -0.379 e. The maximum Gasteiger partial charge on any atom is 0.0553 e. The van der Waals surface area contributed by atoms with Crippen molar-refractivity contribution in [2.24, 2.45) is 0 Å². The Bertz CT molecular complexity index is 677. The van der Waals surface area contributed by atoms with Crippen LogP contribution >= 0.6 is 0 Å². The molecule has 1 N–H and O–H groups in total. The molecule has 0 aliphatic carbocycles. The molecule has 0 fully saturated rings. The van der Waals surface area contributed by atoms with Gasteiger partial charge in [0.15, 0.2) is 0 Å². The summed E-state index contributed by atoms with van der Waals surface area (Å²) in [6.45, 7) is 4.04. The number of nitrogens with one attached hydrogen (secondary N) is 1. The smallest absolute Gasteiger partial charge is 0.0553 e. The van der Waals surface area contributed by atoms with Gasteiger partial charge >= 0.3 is 0 Å². The molecule has 96 valence electrons. The maximum atomic E-state index is 3.54. The highest BCUT2D eigenvalue weighted by Crippen LogP contribution is 2.23. The molecule has 3 aromatic rings. The van der Waals surface area contributed by atoms with Crippen molar-refractivity contribution in [1.29, 1.82) is 0 Å². The predicted molar refractivity (Wildman–Crippen MR) is 81.4 cm³/mol. The summed E-state index contributed by atoms with van der Waals surface area (Å²) in [5.41, 5.74) is 2.51. The van der Waals surface area contributed by atoms with Gasteiger partial charge in [0.05, 0.1) is 6.54 Å². The molecule has 1 heterocycles. The van der Waals surface area contributed by atoms with Crippen LogP contribution < -0.4 is 5.32 Å². The first kappa shape index (κ1) is 11.8. The van der Waals surface area contributed by atoms with E-state index in [1.807, 2.05) is 0 Å². The average Bonchev–Trinajstić information content (AvgIpc) is 2.92. The Morgan fingerprint density at radius 3 is 2.68 bits per heavy atom. The Morgan fingerprint density at radius 1 is 0.947 bits per heavy atom. The lowest BCUT2D eigenvalue weighted by Gasteiger charge is -2.11. The quantitative estimate of drug-likeness (QED) is 0.731. The van der Waals surface area contributed by atoms with Gasteiger partial charge in [-0.2, -0.15) is 0 Å². The van der Waals surface area contributed by atoms with Crippen molar-refractivity contribution < 1.29 is 0 Å². The maximum absolute atomic E-state index is 3.54. The van der Waals surface area contributed by atoms with Crippen LogP contribution in [-0.2, 0) is 13.1 Å². The molecule has 0 amide bonds. The number of hydrogen-bond acceptors (Lipinski definition) is 1. The summed E-state index contributed by atoms with van der Waals surface area (Å²) in [6, 6.07) is 19.1. The van der Waals surface area contributed by atoms with Gasteiger partial charge in [0.2, 0.25) is 0 Å². The highest BCUT2D eigenvalue weighted by Gasteiger charge is 2.02. The number of aromatic nitrogens is 1. The van der Waals surface area contributed by atoms with Crippen molar-refractivity contribution in [3.63, 3.8) is 0 Å². The number of aryl methyl sites for hydroxylation is 1. The Labute approximate surface area is 113 Å². The number of fused-ring (bicyclic) bond motifs is 1. The van der Waals surface area contributed by atoms with E-state index in [2.05, 4.69) is 77.6 Å². The number of hydrogen-bond donors (Lipinski definition) is 1. The van der Waals surface area contributed by atoms with Crippen LogP contribution in [0.4, 0.5) is 5.69 Å². The number of benzene rings is 2. The van der Waals surface area contributed by atoms with Crippen molar-refractivity contribution in [3.8, 4) is 0 Å². The number of rotatable bonds is 4. The molecule has 0 unspecified atom stereocenters. The van der Waals surface area contributed by atoms with Gasteiger partial charge in [-0.15, -0.1) is 0 Å². The first-order chi connectivity index (χ1) is 9.38. The van der Waals surface area contributed by atoms with E-state index in [1.165, 1.54) is 22.2 Å². The lowest BCUT2D eigenvalue weighted by molar-refractivity contribution is 0.724. The van der Waals surface area contributed by atoms with E-state index in [-0.39, 0.29) is 0 Å². The van der Waals surface area contributed by atoms with Crippen LogP contribution in [0.1, 0.15) is 12.6 Å². The minimum absolute atomic E-state index is 0.856. The lowest BCUT2D eigenvalue weighted by Crippen LogP contribution is -2.06. The van der Waals surface area contributed by atoms with Gasteiger partial charge in [-0.3, -0.25) is 0 Å². The van der Waals surface area contributed by atoms with Gasteiger partial charge in [0.1, 0.15) is 0 Å². The standard InChI is InChI=1S/C17H18N2/c1-2-19-12-6-9-15(19)13-18-17-11-5-8-14-7-3-4-10-16(14)17/h3-12,18H,2,13H2,1H3. The first-order valence-corrected chi connectivity index (χ1v) is 6.74. The summed E-state index contributed by atoms with van der Waals surface area (Å²) in [5, 5.41) is 6.10. The number of anilines is 1. The van der Waals surface area contributed by atoms with Gasteiger partial charge in [-0.05, 0) is 30.5 Å². The fourth-order valence-electron chi connectivity index (χ4n) is 2.48. The van der Waals surface area contributed by atoms with Crippen LogP contribution in [0.15, 0.2) is 60.8 Å². The summed E-state index contributed by atoms with van der Waals surface area (Å²) >= 11 is 0. The van der Waals surface area contributed by atoms with Crippen molar-refractivity contribution >= 4 is 16.5 Å². The molecule has 2 heteroatoms. The molecule has 0 spiro atoms. The molecule has 0 radical (unpaired) electrons. The Hall–Kier alpha value is -2.22. The lowest BCUT2D eigenvalue weighted by atomic mass is 10.1. The molecule has 2 nitrogen and oxygen atoms in total. The highest BCUT2D eigenvalue weighted by molar-refractivity contribution is 5.93. The summed E-state index contributed by atoms with van der Waals surface area (Å²) in [4.78, 5) is 0. The molecular formula is C17H18N2. The summed E-state index contributed by atoms with van der Waals surface area (Å²) in [7, 11) is 0. The third-order valence-corrected chi connectivity index (χ3v) is 3.51. The van der Waals surface area contributed by atoms with Crippen molar-refractivity contribution in [1.82, 2.24) is 4.57 Å². The molecule has 0 aliphatic rings. The number of nitrogens with zero attached hydrogens (tertiary/aromatic N) is 1. The molecule has 1 aromatic heterocycles. The molecule has 0 bridgehead atoms. The van der Waals surface area contributed by atoms with Crippen molar-refractivity contribution in [3.05, 3.63) is 66.5 Å². The van der Waals surface area contributed by atoms with E-state index in [0.717, 1.165) is 13.1 Å². The van der Waals surface area contributed by atoms with E-state index < -0.39 is 0 Å². The van der Waals surface area contributed by atoms with E-state index in [9.17, 15) is 0 Å². The van der Waals surface area contributed by atoms with Crippen LogP contribution in [0.5, 0.6) is 0 Å². The largest absolute Gasteiger partial charge is 0.379 e. The van der Waals surface area contributed by atoms with Gasteiger partial charge in [0, 0.05) is 29.5 Å². The fraction of sp³-hybridized carbons (Fsp3) is 0.176. The second kappa shape index (κ2) is 5.19. The van der Waals surface area contributed by atoms with E-state index in [4.69, 9.17) is 0 Å². The third-order valence-electron chi connectivity index (χ3n) is 3.51. The zero-order valence-corrected chi connectivity index (χ0v) is 11.1. The molecular weight excluding hydrogens is 232 g/mol. The van der Waals surface area contributed by atoms with E-state index in [0.29, 0.717) is 0 Å². The molecule has 0 saturated heterocycles. The Balaban J connectivity index is 1.86. The molecule has 19 heavy (non-hydrogen) atoms. The zero-order valence-electron chi connectivity index (χ0n) is 11.1. The van der Waals surface area contributed by atoms with Gasteiger partial charge in [-0.25, -0.2) is 0 Å². The second-order valence-corrected chi connectivity index (χ2v) is 4.67. The van der Waals surface area contributed by atoms with Gasteiger partial charge < -0.3 is 9.88 Å². The first-order valence-electron chi connectivity index (χ1n) is 6.74. The minimum atomic E-state index is 0.856. The molecule has 0 atom stereocenters. The predicted octanol–water partition coefficient (Wildman–Crippen LogP) is 4.27. The van der Waals surface area contributed by atoms with Crippen LogP contribution in [0.25, 0.3) is 10.8 Å². The highest BCUT2D eigenvalue weighted by atomic mass is 15.0. The Kier molecular flexibility index (Phi) is 3.23. The topological polar surface area (TPSA) is 17.0 Å². The fourth-order valence-corrected chi connectivity index (χ4v) is 2.48. The molecule has 3 rings (SSSR count). The van der Waals surface area contributed by atoms with E-state index >= 15 is 0 Å². The summed E-state index contributed by atoms with van der Waals surface area (Å²) in [5.74, 6) is 0. The van der Waals surface area contributed by atoms with Crippen molar-refractivity contribution in [2.45, 2.75) is 20.0 Å². The second-order valence-electron chi connectivity index (χ2n) is 4.67. The van der Waals surface area contributed by atoms with Crippen LogP contribution in [0, 0.1) is 0 Å². The van der Waals surface area contributed by atoms with E-state index in [1.54, 1.807) is 0 Å². The monoisotopic (exact) mass is 250 g/mol. The third kappa shape index (κ3) is 2.34. The summed E-state index contributed by atoms with van der Waals surface area (Å²) in [6.07, 6.45) is 2.13. The van der Waals surface area contributed by atoms with Crippen LogP contribution in [0.2, 0.25) is 0 Å². The zero-order chi connectivity index (χ0) is 13.1. The average molecular weight is 250 g/mol. The van der Waals surface area contributed by atoms with Crippen LogP contribution in [-0.4, -0.2) is 4.57 Å².